The van der Waals surface area contributed by atoms with Crippen LogP contribution in [-0.4, -0.2) is 36.4 Å². The van der Waals surface area contributed by atoms with Crippen molar-refractivity contribution in [1.29, 1.82) is 0 Å². The molecule has 1 aromatic heterocycles. The molecule has 0 aromatic carbocycles. The molecule has 1 rings (SSSR count). The standard InChI is InChI=1S/C9H14F3N5O2S/c1-2-20(18,19)4-3-14-7-5-6(9(10,11)12)15-8(16-7)17-13/h5H,2-4,13H2,1H3,(H2,14,15,16,17). The van der Waals surface area contributed by atoms with E-state index in [1.807, 2.05) is 5.43 Å². The quantitative estimate of drug-likeness (QED) is 0.522. The number of hydrazine groups is 1. The van der Waals surface area contributed by atoms with Gasteiger partial charge in [-0.3, -0.25) is 5.43 Å². The van der Waals surface area contributed by atoms with Gasteiger partial charge in [0.2, 0.25) is 5.95 Å². The van der Waals surface area contributed by atoms with E-state index < -0.39 is 27.7 Å². The number of nitrogens with two attached hydrogens (primary N) is 1. The molecule has 0 bridgehead atoms. The van der Waals surface area contributed by atoms with Crippen LogP contribution in [0, 0.1) is 0 Å². The van der Waals surface area contributed by atoms with Gasteiger partial charge in [-0.05, 0) is 0 Å². The zero-order chi connectivity index (χ0) is 15.4. The number of nitrogen functional groups attached to an aromatic ring is 1. The summed E-state index contributed by atoms with van der Waals surface area (Å²) in [6, 6.07) is 0.680. The van der Waals surface area contributed by atoms with Gasteiger partial charge < -0.3 is 5.32 Å². The smallest absolute Gasteiger partial charge is 0.369 e. The minimum Gasteiger partial charge on any atom is -0.369 e. The maximum atomic E-state index is 12.6. The molecular formula is C9H14F3N5O2S. The molecule has 0 aliphatic carbocycles. The van der Waals surface area contributed by atoms with Crippen LogP contribution in [0.25, 0.3) is 0 Å². The number of anilines is 2. The number of alkyl halides is 3. The Bertz CT molecular complexity index is 561. The Morgan fingerprint density at radius 1 is 1.35 bits per heavy atom. The molecule has 0 unspecified atom stereocenters. The second-order valence-electron chi connectivity index (χ2n) is 3.77. The molecule has 0 aliphatic rings. The minimum atomic E-state index is -4.65. The molecule has 0 saturated heterocycles. The van der Waals surface area contributed by atoms with Gasteiger partial charge in [-0.15, -0.1) is 0 Å². The van der Waals surface area contributed by atoms with Crippen molar-refractivity contribution in [2.24, 2.45) is 5.84 Å². The Morgan fingerprint density at radius 3 is 2.50 bits per heavy atom. The van der Waals surface area contributed by atoms with Crippen LogP contribution >= 0.6 is 0 Å². The van der Waals surface area contributed by atoms with Gasteiger partial charge in [-0.25, -0.2) is 19.2 Å². The van der Waals surface area contributed by atoms with E-state index in [0.717, 1.165) is 0 Å². The monoisotopic (exact) mass is 313 g/mol. The zero-order valence-electron chi connectivity index (χ0n) is 10.5. The van der Waals surface area contributed by atoms with Crippen LogP contribution in [0.15, 0.2) is 6.07 Å². The largest absolute Gasteiger partial charge is 0.433 e. The highest BCUT2D eigenvalue weighted by Crippen LogP contribution is 2.29. The molecule has 0 saturated carbocycles. The third kappa shape index (κ3) is 4.81. The van der Waals surface area contributed by atoms with Gasteiger partial charge in [0.15, 0.2) is 15.5 Å². The summed E-state index contributed by atoms with van der Waals surface area (Å²) in [6.07, 6.45) is -4.65. The van der Waals surface area contributed by atoms with E-state index in [2.05, 4.69) is 15.3 Å². The summed E-state index contributed by atoms with van der Waals surface area (Å²) < 4.78 is 60.2. The van der Waals surface area contributed by atoms with Crippen LogP contribution < -0.4 is 16.6 Å². The lowest BCUT2D eigenvalue weighted by atomic mass is 10.4. The van der Waals surface area contributed by atoms with Crippen molar-refractivity contribution in [2.75, 3.05) is 28.8 Å². The van der Waals surface area contributed by atoms with Crippen LogP contribution in [0.2, 0.25) is 0 Å². The van der Waals surface area contributed by atoms with Crippen molar-refractivity contribution in [2.45, 2.75) is 13.1 Å². The van der Waals surface area contributed by atoms with Gasteiger partial charge in [0.05, 0.1) is 5.75 Å². The van der Waals surface area contributed by atoms with Crippen molar-refractivity contribution >= 4 is 21.6 Å². The lowest BCUT2D eigenvalue weighted by Gasteiger charge is -2.11. The summed E-state index contributed by atoms with van der Waals surface area (Å²) in [5, 5.41) is 2.50. The molecule has 0 atom stereocenters. The first-order valence-electron chi connectivity index (χ1n) is 5.55. The topological polar surface area (TPSA) is 110 Å². The maximum absolute atomic E-state index is 12.6. The maximum Gasteiger partial charge on any atom is 0.433 e. The van der Waals surface area contributed by atoms with Crippen LogP contribution in [-0.2, 0) is 16.0 Å². The number of hydrogen-bond donors (Lipinski definition) is 3. The molecule has 7 nitrogen and oxygen atoms in total. The summed E-state index contributed by atoms with van der Waals surface area (Å²) in [5.41, 5.74) is 0.738. The third-order valence-electron chi connectivity index (χ3n) is 2.30. The SMILES string of the molecule is CCS(=O)(=O)CCNc1cc(C(F)(F)F)nc(NN)n1. The normalized spacial score (nSPS) is 12.2. The fraction of sp³-hybridized carbons (Fsp3) is 0.556. The van der Waals surface area contributed by atoms with Crippen LogP contribution in [0.1, 0.15) is 12.6 Å². The summed E-state index contributed by atoms with van der Waals surface area (Å²) >= 11 is 0. The molecule has 1 aromatic rings. The van der Waals surface area contributed by atoms with Crippen molar-refractivity contribution in [1.82, 2.24) is 9.97 Å². The van der Waals surface area contributed by atoms with Crippen molar-refractivity contribution in [3.8, 4) is 0 Å². The highest BCUT2D eigenvalue weighted by Gasteiger charge is 2.33. The van der Waals surface area contributed by atoms with Crippen LogP contribution in [0.4, 0.5) is 24.9 Å². The summed E-state index contributed by atoms with van der Waals surface area (Å²) in [4.78, 5) is 6.82. The Kier molecular flexibility index (Phi) is 5.11. The highest BCUT2D eigenvalue weighted by atomic mass is 32.2. The van der Waals surface area contributed by atoms with Gasteiger partial charge in [0, 0.05) is 18.4 Å². The van der Waals surface area contributed by atoms with Gasteiger partial charge in [-0.2, -0.15) is 18.2 Å². The Balaban J connectivity index is 2.85. The number of aromatic nitrogens is 2. The lowest BCUT2D eigenvalue weighted by Crippen LogP contribution is -2.20. The van der Waals surface area contributed by atoms with E-state index in [1.54, 1.807) is 0 Å². The average molecular weight is 313 g/mol. The third-order valence-corrected chi connectivity index (χ3v) is 4.01. The highest BCUT2D eigenvalue weighted by molar-refractivity contribution is 7.91. The van der Waals surface area contributed by atoms with E-state index >= 15 is 0 Å². The predicted molar refractivity (Wildman–Crippen MR) is 67.7 cm³/mol. The molecule has 0 fully saturated rings. The first-order chi connectivity index (χ1) is 9.18. The number of hydrogen-bond acceptors (Lipinski definition) is 7. The van der Waals surface area contributed by atoms with Crippen LogP contribution in [0.3, 0.4) is 0 Å². The van der Waals surface area contributed by atoms with Gasteiger partial charge >= 0.3 is 6.18 Å². The average Bonchev–Trinajstić information content (AvgIpc) is 2.37. The molecule has 1 heterocycles. The zero-order valence-corrected chi connectivity index (χ0v) is 11.3. The molecule has 11 heteroatoms. The predicted octanol–water partition coefficient (Wildman–Crippen LogP) is 0.628. The molecule has 114 valence electrons. The Hall–Kier alpha value is -1.62. The molecular weight excluding hydrogens is 299 g/mol. The molecule has 20 heavy (non-hydrogen) atoms. The van der Waals surface area contributed by atoms with Gasteiger partial charge in [0.25, 0.3) is 0 Å². The van der Waals surface area contributed by atoms with Crippen molar-refractivity contribution in [3.05, 3.63) is 11.8 Å². The number of sulfone groups is 1. The molecule has 0 aliphatic heterocycles. The van der Waals surface area contributed by atoms with E-state index in [0.29, 0.717) is 6.07 Å². The summed E-state index contributed by atoms with van der Waals surface area (Å²) in [7, 11) is -3.21. The lowest BCUT2D eigenvalue weighted by molar-refractivity contribution is -0.141. The van der Waals surface area contributed by atoms with Crippen molar-refractivity contribution in [3.63, 3.8) is 0 Å². The van der Waals surface area contributed by atoms with Gasteiger partial charge in [-0.1, -0.05) is 6.92 Å². The second-order valence-corrected chi connectivity index (χ2v) is 6.24. The fourth-order valence-corrected chi connectivity index (χ4v) is 1.93. The van der Waals surface area contributed by atoms with E-state index in [1.165, 1.54) is 6.92 Å². The minimum absolute atomic E-state index is 0.0398. The number of halogens is 3. The van der Waals surface area contributed by atoms with E-state index in [-0.39, 0.29) is 23.9 Å². The second kappa shape index (κ2) is 6.22. The first kappa shape index (κ1) is 16.4. The van der Waals surface area contributed by atoms with Crippen molar-refractivity contribution < 1.29 is 21.6 Å². The van der Waals surface area contributed by atoms with Gasteiger partial charge in [0.1, 0.15) is 5.82 Å². The number of nitrogens with one attached hydrogen (secondary N) is 2. The molecule has 4 N–H and O–H groups in total. The molecule has 0 amide bonds. The molecule has 0 radical (unpaired) electrons. The summed E-state index contributed by atoms with van der Waals surface area (Å²) in [5.74, 6) is 4.16. The molecule has 0 spiro atoms. The van der Waals surface area contributed by atoms with E-state index in [9.17, 15) is 21.6 Å². The van der Waals surface area contributed by atoms with E-state index in [4.69, 9.17) is 5.84 Å². The Labute approximate surface area is 113 Å². The number of rotatable bonds is 6. The fourth-order valence-electron chi connectivity index (χ4n) is 1.23. The van der Waals surface area contributed by atoms with Crippen LogP contribution in [0.5, 0.6) is 0 Å². The Morgan fingerprint density at radius 2 is 2.00 bits per heavy atom. The summed E-state index contributed by atoms with van der Waals surface area (Å²) in [6.45, 7) is 1.42. The first-order valence-corrected chi connectivity index (χ1v) is 7.37. The number of nitrogens with zero attached hydrogens (tertiary/aromatic N) is 2.